The smallest absolute Gasteiger partial charge is 0.337 e. The number of carbonyl (C=O) groups is 1. The number of hydrogen-bond donors (Lipinski definition) is 1. The summed E-state index contributed by atoms with van der Waals surface area (Å²) in [7, 11) is 0. The zero-order valence-corrected chi connectivity index (χ0v) is 15.0. The first-order valence-corrected chi connectivity index (χ1v) is 8.82. The Kier molecular flexibility index (Phi) is 10.7. The summed E-state index contributed by atoms with van der Waals surface area (Å²) < 4.78 is 9.44. The number of halogens is 2. The number of ether oxygens (including phenoxy) is 1. The van der Waals surface area contributed by atoms with Crippen molar-refractivity contribution in [2.45, 2.75) is 38.5 Å². The molecule has 23 heavy (non-hydrogen) atoms. The van der Waals surface area contributed by atoms with Crippen molar-refractivity contribution in [1.82, 2.24) is 0 Å². The van der Waals surface area contributed by atoms with Crippen LogP contribution in [-0.2, 0) is 18.9 Å². The molecule has 8 heteroatoms. The maximum Gasteiger partial charge on any atom is 0.337 e. The highest BCUT2D eigenvalue weighted by molar-refractivity contribution is 7.98. The van der Waals surface area contributed by atoms with Crippen LogP contribution < -0.4 is 0 Å². The van der Waals surface area contributed by atoms with E-state index in [1.165, 1.54) is 38.2 Å². The summed E-state index contributed by atoms with van der Waals surface area (Å²) in [6, 6.07) is 0. The topological polar surface area (TPSA) is 65.0 Å². The van der Waals surface area contributed by atoms with Crippen LogP contribution in [0.2, 0.25) is 0 Å². The van der Waals surface area contributed by atoms with Gasteiger partial charge in [0.1, 0.15) is 0 Å². The summed E-state index contributed by atoms with van der Waals surface area (Å²) in [6.45, 7) is 4.00. The van der Waals surface area contributed by atoms with Crippen molar-refractivity contribution < 1.29 is 24.2 Å². The minimum absolute atomic E-state index is 0.0974. The molecule has 0 spiro atoms. The van der Waals surface area contributed by atoms with Crippen LogP contribution in [0, 0.1) is 5.92 Å². The normalized spacial score (nSPS) is 17.2. The Balaban J connectivity index is 2.39. The molecule has 0 saturated heterocycles. The number of esters is 1. The maximum atomic E-state index is 11.9. The molecule has 0 amide bonds. The first-order valence-electron chi connectivity index (χ1n) is 7.27. The summed E-state index contributed by atoms with van der Waals surface area (Å²) in [5, 5.41) is 11.7. The Labute approximate surface area is 150 Å². The van der Waals surface area contributed by atoms with Gasteiger partial charge in [-0.25, -0.2) is 10.1 Å². The molecule has 1 rings (SSSR count). The molecular weight excluding hydrogens is 363 g/mol. The van der Waals surface area contributed by atoms with Gasteiger partial charge in [-0.15, -0.1) is 4.33 Å². The van der Waals surface area contributed by atoms with Crippen LogP contribution in [0.3, 0.4) is 0 Å². The minimum Gasteiger partial charge on any atom is -0.462 e. The molecule has 0 aliphatic heterocycles. The largest absolute Gasteiger partial charge is 0.462 e. The van der Waals surface area contributed by atoms with Crippen LogP contribution in [0.5, 0.6) is 0 Å². The van der Waals surface area contributed by atoms with Crippen LogP contribution in [0.1, 0.15) is 38.5 Å². The molecule has 130 valence electrons. The van der Waals surface area contributed by atoms with E-state index in [1.807, 2.05) is 0 Å². The molecule has 0 aromatic rings. The van der Waals surface area contributed by atoms with Gasteiger partial charge in [0.25, 0.3) is 0 Å². The molecule has 0 bridgehead atoms. The molecule has 0 atom stereocenters. The summed E-state index contributed by atoms with van der Waals surface area (Å²) in [5.74, 6) is 0.110. The van der Waals surface area contributed by atoms with Gasteiger partial charge in [-0.05, 0) is 18.4 Å². The number of allylic oxidation sites excluding steroid dienone is 1. The third-order valence-electron chi connectivity index (χ3n) is 3.54. The van der Waals surface area contributed by atoms with Gasteiger partial charge >= 0.3 is 5.97 Å². The average Bonchev–Trinajstić information content (AvgIpc) is 2.56. The molecule has 1 saturated carbocycles. The Bertz CT molecular complexity index is 459. The van der Waals surface area contributed by atoms with Crippen LogP contribution in [-0.4, -0.2) is 17.8 Å². The first kappa shape index (κ1) is 20.5. The molecular formula is C15H20Cl2O5S. The van der Waals surface area contributed by atoms with Gasteiger partial charge in [-0.2, -0.15) is 0 Å². The van der Waals surface area contributed by atoms with Crippen LogP contribution in [0.15, 0.2) is 33.7 Å². The molecule has 1 aliphatic rings. The predicted octanol–water partition coefficient (Wildman–Crippen LogP) is 5.33. The van der Waals surface area contributed by atoms with Crippen molar-refractivity contribution in [2.24, 2.45) is 5.92 Å². The quantitative estimate of drug-likeness (QED) is 0.145. The Morgan fingerprint density at radius 3 is 2.65 bits per heavy atom. The fourth-order valence-electron chi connectivity index (χ4n) is 2.33. The lowest BCUT2D eigenvalue weighted by atomic mass is 9.87. The van der Waals surface area contributed by atoms with E-state index in [1.54, 1.807) is 0 Å². The highest BCUT2D eigenvalue weighted by atomic mass is 35.5. The lowest BCUT2D eigenvalue weighted by molar-refractivity contribution is -0.431. The minimum atomic E-state index is -0.530. The standard InChI is InChI=1S/C15H20Cl2O5S/c1-11(9-13(17)14(10-16)23-22-21-19)15(18)20-8-7-12-5-3-2-4-6-12/h9-10,12,19H,1-8H2. The molecule has 0 radical (unpaired) electrons. The molecule has 5 nitrogen and oxygen atoms in total. The van der Waals surface area contributed by atoms with Gasteiger partial charge in [0.05, 0.1) is 34.2 Å². The third-order valence-corrected chi connectivity index (χ3v) is 4.95. The van der Waals surface area contributed by atoms with Gasteiger partial charge < -0.3 is 4.74 Å². The molecule has 1 fully saturated rings. The van der Waals surface area contributed by atoms with Crippen molar-refractivity contribution >= 4 is 41.2 Å². The van der Waals surface area contributed by atoms with Gasteiger partial charge in [-0.3, -0.25) is 0 Å². The molecule has 1 N–H and O–H groups in total. The first-order chi connectivity index (χ1) is 11.1. The Morgan fingerprint density at radius 2 is 2.04 bits per heavy atom. The highest BCUT2D eigenvalue weighted by Crippen LogP contribution is 2.30. The van der Waals surface area contributed by atoms with E-state index >= 15 is 0 Å². The second kappa shape index (κ2) is 11.9. The lowest BCUT2D eigenvalue weighted by Gasteiger charge is -2.21. The summed E-state index contributed by atoms with van der Waals surface area (Å²) in [5.41, 5.74) is 1.21. The number of hydrogen-bond acceptors (Lipinski definition) is 6. The van der Waals surface area contributed by atoms with E-state index in [4.69, 9.17) is 33.2 Å². The van der Waals surface area contributed by atoms with Gasteiger partial charge in [0.15, 0.2) is 0 Å². The zero-order chi connectivity index (χ0) is 17.1. The van der Waals surface area contributed by atoms with Crippen molar-refractivity contribution in [3.63, 3.8) is 0 Å². The highest BCUT2D eigenvalue weighted by Gasteiger charge is 2.15. The maximum absolute atomic E-state index is 11.9. The molecule has 1 aliphatic carbocycles. The van der Waals surface area contributed by atoms with Gasteiger partial charge in [0, 0.05) is 5.54 Å². The van der Waals surface area contributed by atoms with Crippen molar-refractivity contribution in [1.29, 1.82) is 0 Å². The summed E-state index contributed by atoms with van der Waals surface area (Å²) in [6.07, 6.45) is 8.42. The second-order valence-electron chi connectivity index (χ2n) is 5.15. The van der Waals surface area contributed by atoms with Gasteiger partial charge in [0.2, 0.25) is 0 Å². The van der Waals surface area contributed by atoms with Gasteiger partial charge in [-0.1, -0.05) is 66.9 Å². The third kappa shape index (κ3) is 8.24. The van der Waals surface area contributed by atoms with Crippen LogP contribution in [0.25, 0.3) is 0 Å². The SMILES string of the molecule is C=C(C=C(Cl)C(=CCl)SOOO)C(=O)OCCC1CCCCC1. The monoisotopic (exact) mass is 382 g/mol. The predicted molar refractivity (Wildman–Crippen MR) is 91.6 cm³/mol. The van der Waals surface area contributed by atoms with Crippen molar-refractivity contribution in [3.05, 3.63) is 33.7 Å². The second-order valence-corrected chi connectivity index (χ2v) is 6.51. The van der Waals surface area contributed by atoms with E-state index in [0.717, 1.165) is 12.0 Å². The molecule has 0 heterocycles. The lowest BCUT2D eigenvalue weighted by Crippen LogP contribution is -2.13. The zero-order valence-electron chi connectivity index (χ0n) is 12.6. The van der Waals surface area contributed by atoms with E-state index in [-0.39, 0.29) is 15.5 Å². The molecule has 0 aromatic carbocycles. The van der Waals surface area contributed by atoms with E-state index < -0.39 is 5.97 Å². The summed E-state index contributed by atoms with van der Waals surface area (Å²) >= 11 is 12.1. The van der Waals surface area contributed by atoms with E-state index in [0.29, 0.717) is 24.6 Å². The van der Waals surface area contributed by atoms with Crippen LogP contribution >= 0.6 is 35.2 Å². The van der Waals surface area contributed by atoms with E-state index in [9.17, 15) is 4.79 Å². The fraction of sp³-hybridized carbons (Fsp3) is 0.533. The average molecular weight is 383 g/mol. The van der Waals surface area contributed by atoms with Crippen molar-refractivity contribution in [2.75, 3.05) is 6.61 Å². The fourth-order valence-corrected chi connectivity index (χ4v) is 3.17. The number of carbonyl (C=O) groups excluding carboxylic acids is 1. The van der Waals surface area contributed by atoms with E-state index in [2.05, 4.69) is 16.0 Å². The Morgan fingerprint density at radius 1 is 1.35 bits per heavy atom. The number of rotatable bonds is 9. The van der Waals surface area contributed by atoms with Crippen LogP contribution in [0.4, 0.5) is 0 Å². The molecule has 0 aromatic heterocycles. The Hall–Kier alpha value is -0.500. The van der Waals surface area contributed by atoms with Crippen molar-refractivity contribution in [3.8, 4) is 0 Å². The molecule has 0 unspecified atom stereocenters. The summed E-state index contributed by atoms with van der Waals surface area (Å²) in [4.78, 5) is 12.1.